The topological polar surface area (TPSA) is 24.9 Å². The van der Waals surface area contributed by atoms with Crippen LogP contribution in [-0.2, 0) is 0 Å². The summed E-state index contributed by atoms with van der Waals surface area (Å²) in [4.78, 5) is 4.48. The van der Waals surface area contributed by atoms with Gasteiger partial charge in [0, 0.05) is 18.0 Å². The quantitative estimate of drug-likeness (QED) is 0.768. The van der Waals surface area contributed by atoms with Crippen LogP contribution in [0, 0.1) is 5.92 Å². The van der Waals surface area contributed by atoms with E-state index in [0.717, 1.165) is 16.7 Å². The average Bonchev–Trinajstić information content (AvgIpc) is 2.35. The maximum atomic E-state index is 4.48. The van der Waals surface area contributed by atoms with Gasteiger partial charge in [0.2, 0.25) is 0 Å². The Labute approximate surface area is 103 Å². The highest BCUT2D eigenvalue weighted by molar-refractivity contribution is 7.99. The van der Waals surface area contributed by atoms with Crippen LogP contribution in [0.4, 0.5) is 0 Å². The minimum atomic E-state index is 0.376. The molecule has 1 aromatic rings. The summed E-state index contributed by atoms with van der Waals surface area (Å²) in [6, 6.07) is 4.66. The number of rotatable bonds is 6. The van der Waals surface area contributed by atoms with E-state index in [1.807, 2.05) is 25.0 Å². The molecule has 1 rings (SSSR count). The van der Waals surface area contributed by atoms with Crippen molar-refractivity contribution in [2.45, 2.75) is 38.3 Å². The fourth-order valence-corrected chi connectivity index (χ4v) is 2.23. The van der Waals surface area contributed by atoms with Gasteiger partial charge in [-0.25, -0.2) is 4.98 Å². The number of thioether (sulfide) groups is 1. The first-order chi connectivity index (χ1) is 7.67. The molecule has 2 unspecified atom stereocenters. The lowest BCUT2D eigenvalue weighted by molar-refractivity contribution is 0.636. The van der Waals surface area contributed by atoms with Gasteiger partial charge in [0.15, 0.2) is 0 Å². The van der Waals surface area contributed by atoms with Crippen molar-refractivity contribution in [1.82, 2.24) is 10.3 Å². The van der Waals surface area contributed by atoms with E-state index < -0.39 is 0 Å². The van der Waals surface area contributed by atoms with E-state index in [9.17, 15) is 0 Å². The summed E-state index contributed by atoms with van der Waals surface area (Å²) in [5, 5.41) is 4.35. The molecule has 2 nitrogen and oxygen atoms in total. The Kier molecular flexibility index (Phi) is 5.85. The molecule has 0 saturated carbocycles. The minimum Gasteiger partial charge on any atom is -0.313 e. The van der Waals surface area contributed by atoms with Gasteiger partial charge < -0.3 is 5.32 Å². The number of hydrogen-bond acceptors (Lipinski definition) is 3. The molecular formula is C13H22N2S. The van der Waals surface area contributed by atoms with Crippen LogP contribution in [0.1, 0.15) is 38.8 Å². The first-order valence-electron chi connectivity index (χ1n) is 5.93. The second-order valence-corrected chi connectivity index (χ2v) is 5.30. The maximum Gasteiger partial charge on any atom is 0.0960 e. The zero-order chi connectivity index (χ0) is 12.0. The molecule has 2 atom stereocenters. The highest BCUT2D eigenvalue weighted by Gasteiger charge is 2.04. The van der Waals surface area contributed by atoms with Crippen molar-refractivity contribution in [2.75, 3.05) is 12.8 Å². The summed E-state index contributed by atoms with van der Waals surface area (Å²) in [6.07, 6.45) is 3.21. The van der Waals surface area contributed by atoms with E-state index in [4.69, 9.17) is 0 Å². The van der Waals surface area contributed by atoms with Gasteiger partial charge in [0.05, 0.1) is 5.03 Å². The fraction of sp³-hybridized carbons (Fsp3) is 0.615. The Balaban J connectivity index is 2.51. The average molecular weight is 238 g/mol. The predicted molar refractivity (Wildman–Crippen MR) is 71.9 cm³/mol. The number of pyridine rings is 1. The third-order valence-electron chi connectivity index (χ3n) is 2.90. The number of aromatic nitrogens is 1. The summed E-state index contributed by atoms with van der Waals surface area (Å²) >= 11 is 1.85. The molecule has 0 aromatic carbocycles. The van der Waals surface area contributed by atoms with E-state index >= 15 is 0 Å². The molecule has 90 valence electrons. The largest absolute Gasteiger partial charge is 0.313 e. The van der Waals surface area contributed by atoms with Crippen LogP contribution in [-0.4, -0.2) is 17.8 Å². The molecule has 0 saturated heterocycles. The zero-order valence-electron chi connectivity index (χ0n) is 10.7. The van der Waals surface area contributed by atoms with E-state index in [0.29, 0.717) is 6.04 Å². The highest BCUT2D eigenvalue weighted by Crippen LogP contribution is 2.21. The molecule has 0 aliphatic rings. The minimum absolute atomic E-state index is 0.376. The molecule has 0 radical (unpaired) electrons. The molecule has 0 aliphatic heterocycles. The summed E-state index contributed by atoms with van der Waals surface area (Å²) in [6.45, 7) is 6.66. The molecule has 0 spiro atoms. The number of hydrogen-bond donors (Lipinski definition) is 1. The van der Waals surface area contributed by atoms with Crippen molar-refractivity contribution in [3.8, 4) is 0 Å². The molecule has 3 heteroatoms. The van der Waals surface area contributed by atoms with Crippen LogP contribution in [0.15, 0.2) is 23.4 Å². The second-order valence-electron chi connectivity index (χ2n) is 4.26. The molecule has 16 heavy (non-hydrogen) atoms. The predicted octanol–water partition coefficient (Wildman–Crippen LogP) is 3.50. The summed E-state index contributed by atoms with van der Waals surface area (Å²) in [7, 11) is 1.97. The van der Waals surface area contributed by atoms with E-state index in [1.54, 1.807) is 0 Å². The van der Waals surface area contributed by atoms with Crippen LogP contribution < -0.4 is 5.32 Å². The van der Waals surface area contributed by atoms with E-state index in [2.05, 4.69) is 43.2 Å². The van der Waals surface area contributed by atoms with Gasteiger partial charge >= 0.3 is 0 Å². The number of nitrogens with zero attached hydrogens (tertiary/aromatic N) is 1. The first kappa shape index (κ1) is 13.5. The van der Waals surface area contributed by atoms with Crippen LogP contribution in [0.2, 0.25) is 0 Å². The molecule has 1 N–H and O–H groups in total. The van der Waals surface area contributed by atoms with Crippen LogP contribution in [0.3, 0.4) is 0 Å². The molecule has 1 heterocycles. The molecule has 0 amide bonds. The van der Waals surface area contributed by atoms with Crippen LogP contribution >= 0.6 is 11.8 Å². The lowest BCUT2D eigenvalue weighted by Gasteiger charge is -2.11. The van der Waals surface area contributed by atoms with Crippen molar-refractivity contribution in [1.29, 1.82) is 0 Å². The lowest BCUT2D eigenvalue weighted by atomic mass is 10.1. The zero-order valence-corrected chi connectivity index (χ0v) is 11.5. The van der Waals surface area contributed by atoms with Gasteiger partial charge in [0.25, 0.3) is 0 Å². The fourth-order valence-electron chi connectivity index (χ4n) is 1.25. The van der Waals surface area contributed by atoms with Crippen LogP contribution in [0.25, 0.3) is 0 Å². The normalized spacial score (nSPS) is 14.8. The van der Waals surface area contributed by atoms with Crippen molar-refractivity contribution < 1.29 is 0 Å². The van der Waals surface area contributed by atoms with Crippen molar-refractivity contribution in [3.63, 3.8) is 0 Å². The van der Waals surface area contributed by atoms with Gasteiger partial charge in [-0.05, 0) is 31.5 Å². The smallest absolute Gasteiger partial charge is 0.0960 e. The molecule has 0 bridgehead atoms. The standard InChI is InChI=1S/C13H22N2S/c1-5-10(2)9-16-13-7-6-12(8-15-13)11(3)14-4/h6-8,10-11,14H,5,9H2,1-4H3. The SMILES string of the molecule is CCC(C)CSc1ccc(C(C)NC)cn1. The van der Waals surface area contributed by atoms with Gasteiger partial charge in [0.1, 0.15) is 0 Å². The van der Waals surface area contributed by atoms with Gasteiger partial charge in [-0.15, -0.1) is 11.8 Å². The summed E-state index contributed by atoms with van der Waals surface area (Å²) in [5.41, 5.74) is 1.25. The third-order valence-corrected chi connectivity index (χ3v) is 4.18. The third kappa shape index (κ3) is 4.14. The Bertz CT molecular complexity index is 297. The Morgan fingerprint density at radius 2 is 2.12 bits per heavy atom. The Morgan fingerprint density at radius 3 is 2.62 bits per heavy atom. The summed E-state index contributed by atoms with van der Waals surface area (Å²) in [5.74, 6) is 1.92. The Hall–Kier alpha value is -0.540. The number of nitrogens with one attached hydrogen (secondary N) is 1. The van der Waals surface area contributed by atoms with Gasteiger partial charge in [-0.2, -0.15) is 0 Å². The van der Waals surface area contributed by atoms with Crippen molar-refractivity contribution in [2.24, 2.45) is 5.92 Å². The molecule has 1 aromatic heterocycles. The molecular weight excluding hydrogens is 216 g/mol. The summed E-state index contributed by atoms with van der Waals surface area (Å²) < 4.78 is 0. The molecule has 0 aliphatic carbocycles. The second kappa shape index (κ2) is 6.92. The monoisotopic (exact) mass is 238 g/mol. The maximum absolute atomic E-state index is 4.48. The Morgan fingerprint density at radius 1 is 1.38 bits per heavy atom. The van der Waals surface area contributed by atoms with Crippen molar-refractivity contribution in [3.05, 3.63) is 23.9 Å². The lowest BCUT2D eigenvalue weighted by Crippen LogP contribution is -2.12. The first-order valence-corrected chi connectivity index (χ1v) is 6.92. The van der Waals surface area contributed by atoms with E-state index in [1.165, 1.54) is 12.0 Å². The van der Waals surface area contributed by atoms with Crippen LogP contribution in [0.5, 0.6) is 0 Å². The van der Waals surface area contributed by atoms with Gasteiger partial charge in [-0.1, -0.05) is 26.3 Å². The van der Waals surface area contributed by atoms with E-state index in [-0.39, 0.29) is 0 Å². The van der Waals surface area contributed by atoms with Gasteiger partial charge in [-0.3, -0.25) is 0 Å². The highest BCUT2D eigenvalue weighted by atomic mass is 32.2. The van der Waals surface area contributed by atoms with Crippen molar-refractivity contribution >= 4 is 11.8 Å². The molecule has 0 fully saturated rings.